The molecule has 0 aromatic heterocycles. The second-order valence-electron chi connectivity index (χ2n) is 11.9. The summed E-state index contributed by atoms with van der Waals surface area (Å²) in [7, 11) is 1.49. The molecule has 5 N–H and O–H groups in total. The van der Waals surface area contributed by atoms with Crippen molar-refractivity contribution >= 4 is 47.2 Å². The van der Waals surface area contributed by atoms with Crippen molar-refractivity contribution in [3.63, 3.8) is 0 Å². The molecule has 0 unspecified atom stereocenters. The van der Waals surface area contributed by atoms with Gasteiger partial charge in [-0.3, -0.25) is 19.2 Å². The Kier molecular flexibility index (Phi) is 20.8. The van der Waals surface area contributed by atoms with E-state index in [1.54, 1.807) is 56.3 Å². The number of ether oxygens (including phenoxy) is 9. The van der Waals surface area contributed by atoms with E-state index in [0.29, 0.717) is 11.4 Å². The fraction of sp³-hybridized carbons (Fsp3) is 0.286. The van der Waals surface area contributed by atoms with Crippen LogP contribution in [0.1, 0.15) is 47.1 Å². The van der Waals surface area contributed by atoms with E-state index in [2.05, 4.69) is 5.32 Å². The molecule has 0 saturated carbocycles. The number of nitrogens with one attached hydrogen (secondary N) is 1. The fourth-order valence-corrected chi connectivity index (χ4v) is 4.50. The monoisotopic (exact) mass is 852 g/mol. The average molecular weight is 853 g/mol. The molecule has 0 bridgehead atoms. The summed E-state index contributed by atoms with van der Waals surface area (Å²) in [4.78, 5) is 66.5. The van der Waals surface area contributed by atoms with Crippen molar-refractivity contribution in [2.45, 2.75) is 48.1 Å². The number of hydrogen-bond donors (Lipinski definition) is 4. The zero-order chi connectivity index (χ0) is 45.5. The first kappa shape index (κ1) is 49.4. The molecule has 0 amide bonds. The van der Waals surface area contributed by atoms with Crippen molar-refractivity contribution in [2.24, 2.45) is 0 Å². The van der Waals surface area contributed by atoms with Crippen LogP contribution in [0.4, 0.5) is 11.4 Å². The summed E-state index contributed by atoms with van der Waals surface area (Å²) in [5.41, 5.74) is 6.72. The third kappa shape index (κ3) is 19.1. The van der Waals surface area contributed by atoms with E-state index in [1.807, 2.05) is 0 Å². The molecule has 0 aliphatic heterocycles. The Morgan fingerprint density at radius 3 is 1.48 bits per heavy atom. The Bertz CT molecular complexity index is 2140. The van der Waals surface area contributed by atoms with Crippen LogP contribution < -0.4 is 44.2 Å². The van der Waals surface area contributed by atoms with E-state index >= 15 is 0 Å². The zero-order valence-corrected chi connectivity index (χ0v) is 34.6. The Morgan fingerprint density at radius 1 is 0.557 bits per heavy atom. The number of anilines is 2. The maximum Gasteiger partial charge on any atom is 0.344 e. The third-order valence-corrected chi connectivity index (χ3v) is 6.95. The molecular formula is C42H48N2O17. The minimum absolute atomic E-state index is 0.0891. The van der Waals surface area contributed by atoms with E-state index in [-0.39, 0.29) is 84.7 Å². The molecule has 19 nitrogen and oxygen atoms in total. The number of rotatable bonds is 16. The van der Waals surface area contributed by atoms with Gasteiger partial charge < -0.3 is 63.9 Å². The van der Waals surface area contributed by atoms with Crippen molar-refractivity contribution < 1.29 is 81.6 Å². The molecule has 0 spiro atoms. The number of hydrogen-bond acceptors (Lipinski definition) is 19. The molecule has 0 aliphatic rings. The third-order valence-electron chi connectivity index (χ3n) is 6.95. The van der Waals surface area contributed by atoms with E-state index in [9.17, 15) is 33.9 Å². The lowest BCUT2D eigenvalue weighted by molar-refractivity contribution is -0.146. The number of aromatic hydroxyl groups is 2. The number of esters is 6. The first-order valence-electron chi connectivity index (χ1n) is 18.2. The van der Waals surface area contributed by atoms with Crippen LogP contribution in [0.25, 0.3) is 0 Å². The minimum atomic E-state index is -0.542. The van der Waals surface area contributed by atoms with Gasteiger partial charge in [-0.2, -0.15) is 0 Å². The van der Waals surface area contributed by atoms with Gasteiger partial charge in [0.1, 0.15) is 28.7 Å². The Balaban J connectivity index is 0.000000351. The van der Waals surface area contributed by atoms with Gasteiger partial charge in [-0.05, 0) is 67.9 Å². The van der Waals surface area contributed by atoms with E-state index in [1.165, 1.54) is 65.1 Å². The molecule has 4 aromatic rings. The van der Waals surface area contributed by atoms with Crippen LogP contribution in [0.5, 0.6) is 51.7 Å². The van der Waals surface area contributed by atoms with Gasteiger partial charge in [0.15, 0.2) is 36.2 Å². The molecule has 0 aliphatic carbocycles. The van der Waals surface area contributed by atoms with Crippen LogP contribution in [-0.2, 0) is 44.8 Å². The molecule has 0 saturated heterocycles. The molecule has 61 heavy (non-hydrogen) atoms. The SMILES string of the molecule is CC(=O)Oc1ccc(N)c(O)c1.CCOC(=O)COc1ccc(CNc2ccc(OC(C)=O)cc2O)cc1OC(C)=O.CCOC(=O)COc1ccc(OC)cc1OC(C)=O. The first-order chi connectivity index (χ1) is 28.9. The van der Waals surface area contributed by atoms with Gasteiger partial charge in [-0.15, -0.1) is 0 Å². The number of nitrogens with two attached hydrogens (primary N) is 1. The predicted molar refractivity (Wildman–Crippen MR) is 217 cm³/mol. The largest absolute Gasteiger partial charge is 0.506 e. The molecular weight excluding hydrogens is 804 g/mol. The average Bonchev–Trinajstić information content (AvgIpc) is 3.18. The Hall–Kier alpha value is -7.70. The molecule has 19 heteroatoms. The van der Waals surface area contributed by atoms with Gasteiger partial charge in [0.05, 0.1) is 31.7 Å². The van der Waals surface area contributed by atoms with Gasteiger partial charge in [0, 0.05) is 52.4 Å². The molecule has 328 valence electrons. The van der Waals surface area contributed by atoms with Crippen molar-refractivity contribution in [2.75, 3.05) is 44.6 Å². The second-order valence-corrected chi connectivity index (χ2v) is 11.9. The number of phenolic OH excluding ortho intramolecular Hbond substituents is 2. The lowest BCUT2D eigenvalue weighted by Crippen LogP contribution is -2.15. The highest BCUT2D eigenvalue weighted by Crippen LogP contribution is 2.33. The summed E-state index contributed by atoms with van der Waals surface area (Å²) in [5, 5.41) is 22.2. The number of carbonyl (C=O) groups is 6. The van der Waals surface area contributed by atoms with Crippen LogP contribution in [-0.4, -0.2) is 79.6 Å². The smallest absolute Gasteiger partial charge is 0.344 e. The summed E-state index contributed by atoms with van der Waals surface area (Å²) in [5.74, 6) is -1.31. The van der Waals surface area contributed by atoms with Gasteiger partial charge in [0.2, 0.25) is 0 Å². The lowest BCUT2D eigenvalue weighted by atomic mass is 10.2. The van der Waals surface area contributed by atoms with Gasteiger partial charge in [-0.1, -0.05) is 6.07 Å². The topological polar surface area (TPSA) is 264 Å². The second kappa shape index (κ2) is 25.6. The van der Waals surface area contributed by atoms with Gasteiger partial charge in [0.25, 0.3) is 0 Å². The summed E-state index contributed by atoms with van der Waals surface area (Å²) < 4.78 is 44.9. The summed E-state index contributed by atoms with van der Waals surface area (Å²) in [6, 6.07) is 18.2. The standard InChI is InChI=1S/C21H23NO8.C13H16O6.C8H9NO3/c1-4-27-21(26)12-28-19-8-5-15(9-20(19)30-14(3)24)11-22-17-7-6-16(10-18(17)25)29-13(2)23;1-4-17-13(15)8-18-11-6-5-10(16-3)7-12(11)19-9(2)14;1-5(10)12-6-2-3-7(9)8(11)4-6/h5-10,22,25H,4,11-12H2,1-3H3;5-7H,4,8H2,1-3H3;2-4,11H,9H2,1H3. The minimum Gasteiger partial charge on any atom is -0.506 e. The normalized spacial score (nSPS) is 9.82. The lowest BCUT2D eigenvalue weighted by Gasteiger charge is -2.14. The number of benzene rings is 4. The highest BCUT2D eigenvalue weighted by molar-refractivity contribution is 5.74. The molecule has 4 aromatic carbocycles. The maximum absolute atomic E-state index is 11.5. The number of phenols is 2. The maximum atomic E-state index is 11.5. The molecule has 0 atom stereocenters. The number of methoxy groups -OCH3 is 1. The van der Waals surface area contributed by atoms with Crippen LogP contribution >= 0.6 is 0 Å². The molecule has 4 rings (SSSR count). The van der Waals surface area contributed by atoms with Crippen molar-refractivity contribution in [1.82, 2.24) is 0 Å². The van der Waals surface area contributed by atoms with Crippen LogP contribution in [0.15, 0.2) is 72.8 Å². The van der Waals surface area contributed by atoms with Crippen LogP contribution in [0.3, 0.4) is 0 Å². The quantitative estimate of drug-likeness (QED) is 0.0485. The fourth-order valence-electron chi connectivity index (χ4n) is 4.50. The highest BCUT2D eigenvalue weighted by atomic mass is 16.6. The van der Waals surface area contributed by atoms with Crippen LogP contribution in [0.2, 0.25) is 0 Å². The van der Waals surface area contributed by atoms with E-state index in [4.69, 9.17) is 53.5 Å². The Morgan fingerprint density at radius 2 is 1.02 bits per heavy atom. The first-order valence-corrected chi connectivity index (χ1v) is 18.2. The summed E-state index contributed by atoms with van der Waals surface area (Å²) in [6.07, 6.45) is 0. The highest BCUT2D eigenvalue weighted by Gasteiger charge is 2.14. The van der Waals surface area contributed by atoms with Crippen molar-refractivity contribution in [1.29, 1.82) is 0 Å². The van der Waals surface area contributed by atoms with Crippen LogP contribution in [0, 0.1) is 0 Å². The van der Waals surface area contributed by atoms with Crippen molar-refractivity contribution in [3.05, 3.63) is 78.4 Å². The van der Waals surface area contributed by atoms with Crippen molar-refractivity contribution in [3.8, 4) is 51.7 Å². The molecule has 0 fully saturated rings. The predicted octanol–water partition coefficient (Wildman–Crippen LogP) is 5.26. The van der Waals surface area contributed by atoms with E-state index in [0.717, 1.165) is 5.56 Å². The van der Waals surface area contributed by atoms with Gasteiger partial charge >= 0.3 is 35.8 Å². The van der Waals surface area contributed by atoms with E-state index < -0.39 is 35.8 Å². The Labute approximate surface area is 351 Å². The zero-order valence-electron chi connectivity index (χ0n) is 34.6. The number of nitrogen functional groups attached to an aromatic ring is 1. The molecule has 0 radical (unpaired) electrons. The number of carbonyl (C=O) groups excluding carboxylic acids is 6. The molecule has 0 heterocycles. The summed E-state index contributed by atoms with van der Waals surface area (Å²) in [6.45, 7) is 8.69. The summed E-state index contributed by atoms with van der Waals surface area (Å²) >= 11 is 0. The van der Waals surface area contributed by atoms with Gasteiger partial charge in [-0.25, -0.2) is 9.59 Å².